The minimum atomic E-state index is -0.114. The summed E-state index contributed by atoms with van der Waals surface area (Å²) < 4.78 is 5.56. The molecule has 0 aliphatic carbocycles. The van der Waals surface area contributed by atoms with Crippen LogP contribution in [0.4, 0.5) is 0 Å². The number of rotatable bonds is 3. The maximum Gasteiger partial charge on any atom is 0.255 e. The SMILES string of the molecule is CN(CC1CNCCO1)C(=O)c1ccncc1Cl. The zero-order valence-corrected chi connectivity index (χ0v) is 11.0. The van der Waals surface area contributed by atoms with Crippen LogP contribution in [-0.4, -0.2) is 55.2 Å². The minimum Gasteiger partial charge on any atom is -0.374 e. The number of nitrogens with one attached hydrogen (secondary N) is 1. The molecule has 1 N–H and O–H groups in total. The molecule has 98 valence electrons. The summed E-state index contributed by atoms with van der Waals surface area (Å²) in [7, 11) is 1.75. The van der Waals surface area contributed by atoms with E-state index in [1.54, 1.807) is 24.2 Å². The summed E-state index contributed by atoms with van der Waals surface area (Å²) in [6.45, 7) is 2.86. The highest BCUT2D eigenvalue weighted by atomic mass is 35.5. The first-order chi connectivity index (χ1) is 8.68. The summed E-state index contributed by atoms with van der Waals surface area (Å²) in [5, 5.41) is 3.60. The smallest absolute Gasteiger partial charge is 0.255 e. The lowest BCUT2D eigenvalue weighted by Gasteiger charge is -2.28. The standard InChI is InChI=1S/C12H16ClN3O2/c1-16(8-9-6-15-4-5-18-9)12(17)10-2-3-14-7-11(10)13/h2-3,7,9,15H,4-6,8H2,1H3. The highest BCUT2D eigenvalue weighted by Gasteiger charge is 2.20. The van der Waals surface area contributed by atoms with Crippen molar-refractivity contribution in [2.75, 3.05) is 33.3 Å². The van der Waals surface area contributed by atoms with Gasteiger partial charge in [-0.1, -0.05) is 11.6 Å². The van der Waals surface area contributed by atoms with Crippen molar-refractivity contribution in [3.05, 3.63) is 29.0 Å². The quantitative estimate of drug-likeness (QED) is 0.882. The van der Waals surface area contributed by atoms with E-state index in [0.717, 1.165) is 13.1 Å². The summed E-state index contributed by atoms with van der Waals surface area (Å²) in [4.78, 5) is 17.7. The number of aromatic nitrogens is 1. The zero-order chi connectivity index (χ0) is 13.0. The molecule has 0 bridgehead atoms. The molecule has 6 heteroatoms. The molecule has 1 atom stereocenters. The average molecular weight is 270 g/mol. The van der Waals surface area contributed by atoms with Gasteiger partial charge in [0, 0.05) is 39.1 Å². The summed E-state index contributed by atoms with van der Waals surface area (Å²) in [6.07, 6.45) is 3.07. The molecule has 1 aliphatic heterocycles. The van der Waals surface area contributed by atoms with Gasteiger partial charge in [-0.3, -0.25) is 9.78 Å². The molecule has 1 unspecified atom stereocenters. The molecule has 1 amide bonds. The van der Waals surface area contributed by atoms with Crippen molar-refractivity contribution in [2.24, 2.45) is 0 Å². The minimum absolute atomic E-state index is 0.0355. The van der Waals surface area contributed by atoms with Crippen molar-refractivity contribution in [2.45, 2.75) is 6.10 Å². The van der Waals surface area contributed by atoms with E-state index >= 15 is 0 Å². The van der Waals surface area contributed by atoms with Gasteiger partial charge in [-0.25, -0.2) is 0 Å². The van der Waals surface area contributed by atoms with Crippen molar-refractivity contribution in [3.63, 3.8) is 0 Å². The summed E-state index contributed by atoms with van der Waals surface area (Å²) in [5.74, 6) is -0.114. The number of carbonyl (C=O) groups is 1. The van der Waals surface area contributed by atoms with Crippen LogP contribution in [0.3, 0.4) is 0 Å². The van der Waals surface area contributed by atoms with Crippen molar-refractivity contribution < 1.29 is 9.53 Å². The van der Waals surface area contributed by atoms with E-state index in [9.17, 15) is 4.79 Å². The Balaban J connectivity index is 1.98. The van der Waals surface area contributed by atoms with Crippen LogP contribution in [0.1, 0.15) is 10.4 Å². The number of ether oxygens (including phenoxy) is 1. The van der Waals surface area contributed by atoms with Gasteiger partial charge in [0.25, 0.3) is 5.91 Å². The summed E-state index contributed by atoms with van der Waals surface area (Å²) in [5.41, 5.74) is 0.470. The third-order valence-corrected chi connectivity index (χ3v) is 3.13. The van der Waals surface area contributed by atoms with E-state index in [2.05, 4.69) is 10.3 Å². The predicted octanol–water partition coefficient (Wildman–Crippen LogP) is 0.795. The van der Waals surface area contributed by atoms with Crippen LogP contribution in [0.15, 0.2) is 18.5 Å². The van der Waals surface area contributed by atoms with Crippen LogP contribution in [0, 0.1) is 0 Å². The molecule has 1 aliphatic rings. The normalized spacial score (nSPS) is 19.6. The Bertz CT molecular complexity index is 422. The van der Waals surface area contributed by atoms with E-state index in [4.69, 9.17) is 16.3 Å². The van der Waals surface area contributed by atoms with Crippen molar-refractivity contribution in [1.82, 2.24) is 15.2 Å². The Morgan fingerprint density at radius 1 is 1.72 bits per heavy atom. The lowest BCUT2D eigenvalue weighted by molar-refractivity contribution is 0.0104. The number of hydrogen-bond donors (Lipinski definition) is 1. The Kier molecular flexibility index (Phi) is 4.52. The van der Waals surface area contributed by atoms with E-state index < -0.39 is 0 Å². The molecule has 1 aromatic rings. The summed E-state index contributed by atoms with van der Waals surface area (Å²) in [6, 6.07) is 1.63. The number of hydrogen-bond acceptors (Lipinski definition) is 4. The first-order valence-corrected chi connectivity index (χ1v) is 6.23. The Labute approximate surface area is 111 Å². The van der Waals surface area contributed by atoms with E-state index in [-0.39, 0.29) is 12.0 Å². The van der Waals surface area contributed by atoms with Gasteiger partial charge in [0.05, 0.1) is 23.3 Å². The second-order valence-corrected chi connectivity index (χ2v) is 4.65. The number of nitrogens with zero attached hydrogens (tertiary/aromatic N) is 2. The maximum absolute atomic E-state index is 12.2. The molecule has 1 aromatic heterocycles. The van der Waals surface area contributed by atoms with Crippen LogP contribution in [0.25, 0.3) is 0 Å². The molecule has 2 rings (SSSR count). The number of amides is 1. The second kappa shape index (κ2) is 6.13. The van der Waals surface area contributed by atoms with Gasteiger partial charge < -0.3 is 15.0 Å². The van der Waals surface area contributed by atoms with Crippen LogP contribution >= 0.6 is 11.6 Å². The number of likely N-dealkylation sites (N-methyl/N-ethyl adjacent to an activating group) is 1. The topological polar surface area (TPSA) is 54.5 Å². The van der Waals surface area contributed by atoms with E-state index in [0.29, 0.717) is 23.7 Å². The van der Waals surface area contributed by atoms with Gasteiger partial charge in [-0.15, -0.1) is 0 Å². The second-order valence-electron chi connectivity index (χ2n) is 4.24. The van der Waals surface area contributed by atoms with Crippen LogP contribution in [0.5, 0.6) is 0 Å². The molecule has 0 radical (unpaired) electrons. The first kappa shape index (κ1) is 13.3. The van der Waals surface area contributed by atoms with E-state index in [1.165, 1.54) is 6.20 Å². The number of morpholine rings is 1. The molecule has 0 aromatic carbocycles. The van der Waals surface area contributed by atoms with Crippen LogP contribution in [-0.2, 0) is 4.74 Å². The fourth-order valence-electron chi connectivity index (χ4n) is 1.88. The van der Waals surface area contributed by atoms with Gasteiger partial charge in [-0.2, -0.15) is 0 Å². The Morgan fingerprint density at radius 2 is 2.56 bits per heavy atom. The van der Waals surface area contributed by atoms with Crippen molar-refractivity contribution in [1.29, 1.82) is 0 Å². The zero-order valence-electron chi connectivity index (χ0n) is 10.2. The Morgan fingerprint density at radius 3 is 3.22 bits per heavy atom. The molecule has 5 nitrogen and oxygen atoms in total. The first-order valence-electron chi connectivity index (χ1n) is 5.86. The maximum atomic E-state index is 12.2. The third-order valence-electron chi connectivity index (χ3n) is 2.83. The fraction of sp³-hybridized carbons (Fsp3) is 0.500. The molecule has 18 heavy (non-hydrogen) atoms. The molecule has 0 spiro atoms. The summed E-state index contributed by atoms with van der Waals surface area (Å²) >= 11 is 5.95. The molecule has 1 saturated heterocycles. The highest BCUT2D eigenvalue weighted by Crippen LogP contribution is 2.15. The number of carbonyl (C=O) groups excluding carboxylic acids is 1. The largest absolute Gasteiger partial charge is 0.374 e. The lowest BCUT2D eigenvalue weighted by atomic mass is 10.2. The van der Waals surface area contributed by atoms with Crippen LogP contribution in [0.2, 0.25) is 5.02 Å². The highest BCUT2D eigenvalue weighted by molar-refractivity contribution is 6.33. The van der Waals surface area contributed by atoms with Gasteiger partial charge in [0.1, 0.15) is 0 Å². The molecule has 1 fully saturated rings. The average Bonchev–Trinajstić information content (AvgIpc) is 2.39. The van der Waals surface area contributed by atoms with E-state index in [1.807, 2.05) is 0 Å². The van der Waals surface area contributed by atoms with Gasteiger partial charge >= 0.3 is 0 Å². The van der Waals surface area contributed by atoms with Gasteiger partial charge in [0.2, 0.25) is 0 Å². The lowest BCUT2D eigenvalue weighted by Crippen LogP contribution is -2.45. The number of pyridine rings is 1. The van der Waals surface area contributed by atoms with Crippen molar-refractivity contribution >= 4 is 17.5 Å². The molecule has 0 saturated carbocycles. The van der Waals surface area contributed by atoms with Gasteiger partial charge in [0.15, 0.2) is 0 Å². The predicted molar refractivity (Wildman–Crippen MR) is 68.8 cm³/mol. The molecule has 2 heterocycles. The molecular weight excluding hydrogens is 254 g/mol. The van der Waals surface area contributed by atoms with Gasteiger partial charge in [-0.05, 0) is 6.07 Å². The monoisotopic (exact) mass is 269 g/mol. The van der Waals surface area contributed by atoms with Crippen LogP contribution < -0.4 is 5.32 Å². The Hall–Kier alpha value is -1.17. The molecular formula is C12H16ClN3O2. The third kappa shape index (κ3) is 3.19. The fourth-order valence-corrected chi connectivity index (χ4v) is 2.08. The number of halogens is 1. The van der Waals surface area contributed by atoms with Crippen molar-refractivity contribution in [3.8, 4) is 0 Å².